The molecule has 1 unspecified atom stereocenters. The van der Waals surface area contributed by atoms with Crippen molar-refractivity contribution in [2.24, 2.45) is 5.73 Å². The van der Waals surface area contributed by atoms with Gasteiger partial charge in [0.2, 0.25) is 0 Å². The van der Waals surface area contributed by atoms with Gasteiger partial charge in [0, 0.05) is 5.56 Å². The number of benzene rings is 1. The van der Waals surface area contributed by atoms with Crippen molar-refractivity contribution in [2.75, 3.05) is 0 Å². The fourth-order valence-electron chi connectivity index (χ4n) is 0.957. The average molecular weight is 220 g/mol. The van der Waals surface area contributed by atoms with Crippen molar-refractivity contribution < 1.29 is 13.6 Å². The first-order chi connectivity index (χ1) is 6.43. The molecule has 0 fully saturated rings. The van der Waals surface area contributed by atoms with Gasteiger partial charge in [-0.1, -0.05) is 11.6 Å². The summed E-state index contributed by atoms with van der Waals surface area (Å²) < 4.78 is 25.4. The predicted octanol–water partition coefficient (Wildman–Crippen LogP) is 2.15. The summed E-state index contributed by atoms with van der Waals surface area (Å²) in [7, 11) is 0. The minimum absolute atomic E-state index is 0.0967. The van der Waals surface area contributed by atoms with Gasteiger partial charge in [-0.3, -0.25) is 4.79 Å². The SMILES string of the molecule is CC(N)C(=O)c1cc(F)c(F)cc1Cl. The maximum absolute atomic E-state index is 12.8. The van der Waals surface area contributed by atoms with Crippen molar-refractivity contribution in [2.45, 2.75) is 13.0 Å². The summed E-state index contributed by atoms with van der Waals surface area (Å²) in [6.07, 6.45) is 0. The Labute approximate surface area is 84.7 Å². The minimum atomic E-state index is -1.11. The van der Waals surface area contributed by atoms with Gasteiger partial charge in [-0.25, -0.2) is 8.78 Å². The number of halogens is 3. The zero-order valence-corrected chi connectivity index (χ0v) is 8.11. The predicted molar refractivity (Wildman–Crippen MR) is 49.3 cm³/mol. The number of Topliss-reactive ketones (excluding diaryl/α,β-unsaturated/α-hetero) is 1. The van der Waals surface area contributed by atoms with Gasteiger partial charge >= 0.3 is 0 Å². The molecule has 76 valence electrons. The fourth-order valence-corrected chi connectivity index (χ4v) is 1.20. The monoisotopic (exact) mass is 219 g/mol. The molecule has 1 atom stereocenters. The highest BCUT2D eigenvalue weighted by Gasteiger charge is 2.17. The Bertz CT molecular complexity index is 379. The molecule has 0 amide bonds. The van der Waals surface area contributed by atoms with E-state index >= 15 is 0 Å². The number of hydrogen-bond donors (Lipinski definition) is 1. The lowest BCUT2D eigenvalue weighted by atomic mass is 10.1. The number of rotatable bonds is 2. The first-order valence-electron chi connectivity index (χ1n) is 3.88. The van der Waals surface area contributed by atoms with Gasteiger partial charge in [0.25, 0.3) is 0 Å². The van der Waals surface area contributed by atoms with Crippen molar-refractivity contribution in [1.29, 1.82) is 0 Å². The van der Waals surface area contributed by atoms with Crippen LogP contribution in [0, 0.1) is 11.6 Å². The van der Waals surface area contributed by atoms with E-state index < -0.39 is 23.5 Å². The number of ketones is 1. The Balaban J connectivity index is 3.22. The summed E-state index contributed by atoms with van der Waals surface area (Å²) in [4.78, 5) is 11.3. The van der Waals surface area contributed by atoms with E-state index in [4.69, 9.17) is 17.3 Å². The first-order valence-corrected chi connectivity index (χ1v) is 4.25. The van der Waals surface area contributed by atoms with Crippen LogP contribution in [0.15, 0.2) is 12.1 Å². The van der Waals surface area contributed by atoms with Gasteiger partial charge in [-0.05, 0) is 19.1 Å². The molecule has 14 heavy (non-hydrogen) atoms. The summed E-state index contributed by atoms with van der Waals surface area (Å²) in [5, 5.41) is -0.133. The highest BCUT2D eigenvalue weighted by Crippen LogP contribution is 2.20. The summed E-state index contributed by atoms with van der Waals surface area (Å²) >= 11 is 5.56. The molecular formula is C9H8ClF2NO. The van der Waals surface area contributed by atoms with E-state index in [0.717, 1.165) is 12.1 Å². The molecule has 0 aliphatic carbocycles. The Kier molecular flexibility index (Phi) is 3.18. The van der Waals surface area contributed by atoms with Crippen molar-refractivity contribution in [3.8, 4) is 0 Å². The van der Waals surface area contributed by atoms with Crippen molar-refractivity contribution >= 4 is 17.4 Å². The second kappa shape index (κ2) is 4.02. The van der Waals surface area contributed by atoms with E-state index in [0.29, 0.717) is 0 Å². The van der Waals surface area contributed by atoms with Crippen LogP contribution in [0.5, 0.6) is 0 Å². The van der Waals surface area contributed by atoms with E-state index in [1.807, 2.05) is 0 Å². The Morgan fingerprint density at radius 2 is 1.93 bits per heavy atom. The summed E-state index contributed by atoms with van der Waals surface area (Å²) in [6.45, 7) is 1.44. The lowest BCUT2D eigenvalue weighted by Crippen LogP contribution is -2.27. The van der Waals surface area contributed by atoms with Gasteiger partial charge in [0.1, 0.15) is 0 Å². The molecule has 0 spiro atoms. The van der Waals surface area contributed by atoms with Crippen molar-refractivity contribution in [3.63, 3.8) is 0 Å². The lowest BCUT2D eigenvalue weighted by molar-refractivity contribution is 0.0967. The molecule has 0 saturated carbocycles. The third kappa shape index (κ3) is 2.08. The molecule has 0 aliphatic heterocycles. The molecule has 0 radical (unpaired) electrons. The molecule has 0 saturated heterocycles. The molecule has 5 heteroatoms. The number of carbonyl (C=O) groups is 1. The Morgan fingerprint density at radius 1 is 1.43 bits per heavy atom. The maximum atomic E-state index is 12.8. The third-order valence-corrected chi connectivity index (χ3v) is 2.00. The second-order valence-electron chi connectivity index (χ2n) is 2.90. The van der Waals surface area contributed by atoms with Crippen LogP contribution < -0.4 is 5.73 Å². The van der Waals surface area contributed by atoms with Crippen LogP contribution in [0.3, 0.4) is 0 Å². The average Bonchev–Trinajstić information content (AvgIpc) is 2.10. The molecule has 0 bridgehead atoms. The van der Waals surface area contributed by atoms with E-state index in [1.54, 1.807) is 0 Å². The fraction of sp³-hybridized carbons (Fsp3) is 0.222. The zero-order chi connectivity index (χ0) is 10.9. The number of carbonyl (C=O) groups excluding carboxylic acids is 1. The summed E-state index contributed by atoms with van der Waals surface area (Å²) in [5.41, 5.74) is 5.20. The van der Waals surface area contributed by atoms with Crippen molar-refractivity contribution in [1.82, 2.24) is 0 Å². The quantitative estimate of drug-likeness (QED) is 0.612. The smallest absolute Gasteiger partial charge is 0.180 e. The standard InChI is InChI=1S/C9H8ClF2NO/c1-4(13)9(14)5-2-7(11)8(12)3-6(5)10/h2-4H,13H2,1H3. The van der Waals surface area contributed by atoms with E-state index in [1.165, 1.54) is 6.92 Å². The second-order valence-corrected chi connectivity index (χ2v) is 3.31. The number of nitrogens with two attached hydrogens (primary N) is 1. The van der Waals surface area contributed by atoms with Gasteiger partial charge in [0.15, 0.2) is 17.4 Å². The molecule has 0 aliphatic rings. The molecule has 2 N–H and O–H groups in total. The summed E-state index contributed by atoms with van der Waals surface area (Å²) in [6, 6.07) is 0.716. The van der Waals surface area contributed by atoms with Crippen molar-refractivity contribution in [3.05, 3.63) is 34.4 Å². The highest BCUT2D eigenvalue weighted by molar-refractivity contribution is 6.34. The van der Waals surface area contributed by atoms with Crippen LogP contribution in [-0.4, -0.2) is 11.8 Å². The van der Waals surface area contributed by atoms with E-state index in [9.17, 15) is 13.6 Å². The third-order valence-electron chi connectivity index (χ3n) is 1.69. The van der Waals surface area contributed by atoms with Crippen LogP contribution >= 0.6 is 11.6 Å². The Morgan fingerprint density at radius 3 is 2.43 bits per heavy atom. The molecule has 0 heterocycles. The molecule has 1 aromatic rings. The molecule has 2 nitrogen and oxygen atoms in total. The van der Waals surface area contributed by atoms with Gasteiger partial charge in [-0.2, -0.15) is 0 Å². The largest absolute Gasteiger partial charge is 0.321 e. The topological polar surface area (TPSA) is 43.1 Å². The Hall–Kier alpha value is -1.00. The molecular weight excluding hydrogens is 212 g/mol. The van der Waals surface area contributed by atoms with Gasteiger partial charge < -0.3 is 5.73 Å². The van der Waals surface area contributed by atoms with Crippen LogP contribution in [0.4, 0.5) is 8.78 Å². The van der Waals surface area contributed by atoms with E-state index in [-0.39, 0.29) is 10.6 Å². The van der Waals surface area contributed by atoms with Gasteiger partial charge in [0.05, 0.1) is 11.1 Å². The van der Waals surface area contributed by atoms with E-state index in [2.05, 4.69) is 0 Å². The first kappa shape index (κ1) is 11.1. The zero-order valence-electron chi connectivity index (χ0n) is 7.35. The van der Waals surface area contributed by atoms with Gasteiger partial charge in [-0.15, -0.1) is 0 Å². The molecule has 1 rings (SSSR count). The number of hydrogen-bond acceptors (Lipinski definition) is 2. The van der Waals surface area contributed by atoms with Crippen LogP contribution in [0.25, 0.3) is 0 Å². The lowest BCUT2D eigenvalue weighted by Gasteiger charge is -2.06. The molecule has 1 aromatic carbocycles. The normalized spacial score (nSPS) is 12.6. The molecule has 0 aromatic heterocycles. The maximum Gasteiger partial charge on any atom is 0.180 e. The minimum Gasteiger partial charge on any atom is -0.321 e. The van der Waals surface area contributed by atoms with Crippen LogP contribution in [0.1, 0.15) is 17.3 Å². The van der Waals surface area contributed by atoms with Crippen LogP contribution in [0.2, 0.25) is 5.02 Å². The summed E-state index contributed by atoms with van der Waals surface area (Å²) in [5.74, 6) is -2.72. The highest BCUT2D eigenvalue weighted by atomic mass is 35.5. The van der Waals surface area contributed by atoms with Crippen LogP contribution in [-0.2, 0) is 0 Å².